The SMILES string of the molecule is CCOCCn1cnc2sc(C(=O)NCCN(C)C)c(C)c2c1=O. The maximum atomic E-state index is 12.6. The van der Waals surface area contributed by atoms with Gasteiger partial charge >= 0.3 is 0 Å². The van der Waals surface area contributed by atoms with Gasteiger partial charge in [0, 0.05) is 19.7 Å². The molecule has 1 amide bonds. The van der Waals surface area contributed by atoms with Gasteiger partial charge in [-0.25, -0.2) is 4.98 Å². The summed E-state index contributed by atoms with van der Waals surface area (Å²) in [6, 6.07) is 0. The van der Waals surface area contributed by atoms with Gasteiger partial charge in [-0.05, 0) is 33.5 Å². The smallest absolute Gasteiger partial charge is 0.262 e. The fourth-order valence-electron chi connectivity index (χ4n) is 2.32. The van der Waals surface area contributed by atoms with Crippen molar-refractivity contribution >= 4 is 27.5 Å². The van der Waals surface area contributed by atoms with Crippen LogP contribution in [0.15, 0.2) is 11.1 Å². The van der Waals surface area contributed by atoms with E-state index in [1.807, 2.05) is 25.9 Å². The van der Waals surface area contributed by atoms with Crippen molar-refractivity contribution in [3.05, 3.63) is 27.1 Å². The Morgan fingerprint density at radius 1 is 1.46 bits per heavy atom. The molecule has 7 nitrogen and oxygen atoms in total. The van der Waals surface area contributed by atoms with Gasteiger partial charge in [-0.15, -0.1) is 11.3 Å². The van der Waals surface area contributed by atoms with Gasteiger partial charge < -0.3 is 15.0 Å². The van der Waals surface area contributed by atoms with Crippen molar-refractivity contribution < 1.29 is 9.53 Å². The Kier molecular flexibility index (Phi) is 6.47. The van der Waals surface area contributed by atoms with E-state index in [4.69, 9.17) is 4.74 Å². The van der Waals surface area contributed by atoms with Crippen molar-refractivity contribution in [1.29, 1.82) is 0 Å². The highest BCUT2D eigenvalue weighted by Crippen LogP contribution is 2.26. The van der Waals surface area contributed by atoms with Gasteiger partial charge in [-0.1, -0.05) is 0 Å². The van der Waals surface area contributed by atoms with E-state index in [1.165, 1.54) is 22.2 Å². The number of ether oxygens (including phenoxy) is 1. The van der Waals surface area contributed by atoms with Crippen LogP contribution in [0.25, 0.3) is 10.2 Å². The number of hydrogen-bond acceptors (Lipinski definition) is 6. The van der Waals surface area contributed by atoms with Crippen molar-refractivity contribution in [2.75, 3.05) is 40.4 Å². The summed E-state index contributed by atoms with van der Waals surface area (Å²) >= 11 is 1.26. The first kappa shape index (κ1) is 18.6. The molecule has 2 heterocycles. The molecule has 8 heteroatoms. The van der Waals surface area contributed by atoms with Gasteiger partial charge in [0.1, 0.15) is 4.83 Å². The van der Waals surface area contributed by atoms with Gasteiger partial charge in [0.2, 0.25) is 0 Å². The van der Waals surface area contributed by atoms with Crippen LogP contribution in [0.4, 0.5) is 0 Å². The number of carbonyl (C=O) groups is 1. The summed E-state index contributed by atoms with van der Waals surface area (Å²) < 4.78 is 6.82. The number of likely N-dealkylation sites (N-methyl/N-ethyl adjacent to an activating group) is 1. The zero-order chi connectivity index (χ0) is 17.7. The van der Waals surface area contributed by atoms with Crippen LogP contribution in [0.2, 0.25) is 0 Å². The highest BCUT2D eigenvalue weighted by Gasteiger charge is 2.19. The number of fused-ring (bicyclic) bond motifs is 1. The summed E-state index contributed by atoms with van der Waals surface area (Å²) in [6.07, 6.45) is 1.52. The lowest BCUT2D eigenvalue weighted by atomic mass is 10.2. The summed E-state index contributed by atoms with van der Waals surface area (Å²) in [7, 11) is 3.90. The molecule has 2 rings (SSSR count). The monoisotopic (exact) mass is 352 g/mol. The quantitative estimate of drug-likeness (QED) is 0.720. The molecule has 0 unspecified atom stereocenters. The number of nitrogens with zero attached hydrogens (tertiary/aromatic N) is 3. The second-order valence-corrected chi connectivity index (χ2v) is 6.73. The minimum absolute atomic E-state index is 0.124. The maximum absolute atomic E-state index is 12.6. The fraction of sp³-hybridized carbons (Fsp3) is 0.562. The molecule has 0 aliphatic rings. The largest absolute Gasteiger partial charge is 0.380 e. The third kappa shape index (κ3) is 4.19. The van der Waals surface area contributed by atoms with E-state index in [-0.39, 0.29) is 11.5 Å². The van der Waals surface area contributed by atoms with Crippen molar-refractivity contribution in [3.63, 3.8) is 0 Å². The molecule has 0 atom stereocenters. The summed E-state index contributed by atoms with van der Waals surface area (Å²) in [5.74, 6) is -0.155. The molecule has 0 saturated carbocycles. The first-order chi connectivity index (χ1) is 11.5. The molecule has 1 N–H and O–H groups in total. The van der Waals surface area contributed by atoms with Crippen LogP contribution in [-0.4, -0.2) is 60.8 Å². The summed E-state index contributed by atoms with van der Waals surface area (Å²) in [4.78, 5) is 32.4. The third-order valence-electron chi connectivity index (χ3n) is 3.65. The van der Waals surface area contributed by atoms with Crippen molar-refractivity contribution in [1.82, 2.24) is 19.8 Å². The standard InChI is InChI=1S/C16H24N4O3S/c1-5-23-9-8-20-10-18-15-12(16(20)22)11(2)13(24-15)14(21)17-6-7-19(3)4/h10H,5-9H2,1-4H3,(H,17,21). The lowest BCUT2D eigenvalue weighted by Gasteiger charge is -2.09. The van der Waals surface area contributed by atoms with Crippen LogP contribution >= 0.6 is 11.3 Å². The normalized spacial score (nSPS) is 11.4. The molecule has 2 aromatic heterocycles. The first-order valence-corrected chi connectivity index (χ1v) is 8.76. The van der Waals surface area contributed by atoms with Crippen LogP contribution in [0.5, 0.6) is 0 Å². The van der Waals surface area contributed by atoms with Gasteiger partial charge in [0.25, 0.3) is 11.5 Å². The van der Waals surface area contributed by atoms with E-state index >= 15 is 0 Å². The molecule has 24 heavy (non-hydrogen) atoms. The summed E-state index contributed by atoms with van der Waals surface area (Å²) in [5, 5.41) is 3.41. The van der Waals surface area contributed by atoms with Crippen LogP contribution in [0, 0.1) is 6.92 Å². The molecule has 0 saturated heterocycles. The number of thiophene rings is 1. The second-order valence-electron chi connectivity index (χ2n) is 5.74. The maximum Gasteiger partial charge on any atom is 0.262 e. The van der Waals surface area contributed by atoms with Crippen LogP contribution < -0.4 is 10.9 Å². The molecular weight excluding hydrogens is 328 g/mol. The van der Waals surface area contributed by atoms with E-state index in [0.717, 1.165) is 6.54 Å². The van der Waals surface area contributed by atoms with Gasteiger partial charge in [-0.3, -0.25) is 14.2 Å². The summed E-state index contributed by atoms with van der Waals surface area (Å²) in [5.41, 5.74) is 0.571. The minimum Gasteiger partial charge on any atom is -0.380 e. The van der Waals surface area contributed by atoms with E-state index in [9.17, 15) is 9.59 Å². The molecule has 2 aromatic rings. The average molecular weight is 352 g/mol. The average Bonchev–Trinajstić information content (AvgIpc) is 2.87. The first-order valence-electron chi connectivity index (χ1n) is 7.95. The highest BCUT2D eigenvalue weighted by atomic mass is 32.1. The Morgan fingerprint density at radius 3 is 2.88 bits per heavy atom. The van der Waals surface area contributed by atoms with Gasteiger partial charge in [-0.2, -0.15) is 0 Å². The van der Waals surface area contributed by atoms with Crippen LogP contribution in [0.1, 0.15) is 22.2 Å². The second kappa shape index (κ2) is 8.36. The van der Waals surface area contributed by atoms with Gasteiger partial charge in [0.15, 0.2) is 0 Å². The molecule has 132 valence electrons. The zero-order valence-electron chi connectivity index (χ0n) is 14.6. The highest BCUT2D eigenvalue weighted by molar-refractivity contribution is 7.20. The number of rotatable bonds is 8. The number of carbonyl (C=O) groups excluding carboxylic acids is 1. The van der Waals surface area contributed by atoms with Gasteiger partial charge in [0.05, 0.1) is 29.7 Å². The van der Waals surface area contributed by atoms with Crippen LogP contribution in [-0.2, 0) is 11.3 Å². The lowest BCUT2D eigenvalue weighted by Crippen LogP contribution is -2.31. The van der Waals surface area contributed by atoms with E-state index in [1.54, 1.807) is 6.92 Å². The Morgan fingerprint density at radius 2 is 2.21 bits per heavy atom. The topological polar surface area (TPSA) is 76.5 Å². The Labute approximate surface area is 145 Å². The van der Waals surface area contributed by atoms with E-state index < -0.39 is 0 Å². The number of aryl methyl sites for hydroxylation is 1. The molecule has 0 aromatic carbocycles. The van der Waals surface area contributed by atoms with E-state index in [0.29, 0.717) is 47.0 Å². The van der Waals surface area contributed by atoms with Crippen LogP contribution in [0.3, 0.4) is 0 Å². The fourth-order valence-corrected chi connectivity index (χ4v) is 3.37. The molecule has 0 spiro atoms. The number of hydrogen-bond donors (Lipinski definition) is 1. The predicted molar refractivity (Wildman–Crippen MR) is 96.0 cm³/mol. The lowest BCUT2D eigenvalue weighted by molar-refractivity contribution is 0.0954. The molecule has 0 radical (unpaired) electrons. The Bertz CT molecular complexity index is 767. The zero-order valence-corrected chi connectivity index (χ0v) is 15.4. The summed E-state index contributed by atoms with van der Waals surface area (Å²) in [6.45, 7) is 6.56. The Balaban J connectivity index is 2.24. The number of nitrogens with one attached hydrogen (secondary N) is 1. The van der Waals surface area contributed by atoms with Crippen molar-refractivity contribution in [2.24, 2.45) is 0 Å². The predicted octanol–water partition coefficient (Wildman–Crippen LogP) is 1.09. The van der Waals surface area contributed by atoms with Crippen molar-refractivity contribution in [3.8, 4) is 0 Å². The molecular formula is C16H24N4O3S. The number of aromatic nitrogens is 2. The minimum atomic E-state index is -0.155. The molecule has 0 aliphatic heterocycles. The molecule has 0 bridgehead atoms. The van der Waals surface area contributed by atoms with Crippen molar-refractivity contribution in [2.45, 2.75) is 20.4 Å². The molecule has 0 aliphatic carbocycles. The number of amides is 1. The Hall–Kier alpha value is -1.77. The third-order valence-corrected chi connectivity index (χ3v) is 4.85. The molecule has 0 fully saturated rings. The van der Waals surface area contributed by atoms with E-state index in [2.05, 4.69) is 10.3 Å².